The van der Waals surface area contributed by atoms with Gasteiger partial charge in [-0.25, -0.2) is 0 Å². The number of hydrogen-bond donors (Lipinski definition) is 1. The summed E-state index contributed by atoms with van der Waals surface area (Å²) in [7, 11) is 0. The Morgan fingerprint density at radius 2 is 2.21 bits per heavy atom. The van der Waals surface area contributed by atoms with E-state index in [0.717, 1.165) is 31.1 Å². The molecule has 1 fully saturated rings. The summed E-state index contributed by atoms with van der Waals surface area (Å²) in [5.41, 5.74) is -1.37. The van der Waals surface area contributed by atoms with Crippen molar-refractivity contribution in [2.45, 2.75) is 32.2 Å². The second-order valence-electron chi connectivity index (χ2n) is 5.82. The summed E-state index contributed by atoms with van der Waals surface area (Å²) in [6.07, 6.45) is 3.81. The molecule has 3 heterocycles. The van der Waals surface area contributed by atoms with Crippen LogP contribution in [-0.4, -0.2) is 27.3 Å². The topological polar surface area (TPSA) is 109 Å². The van der Waals surface area contributed by atoms with Crippen molar-refractivity contribution < 1.29 is 14.1 Å². The first-order chi connectivity index (χ1) is 11.5. The molecule has 1 atom stereocenters. The number of aromatic nitrogens is 1. The van der Waals surface area contributed by atoms with E-state index in [9.17, 15) is 19.7 Å². The Morgan fingerprint density at radius 1 is 1.42 bits per heavy atom. The minimum absolute atomic E-state index is 0.0940. The average molecular weight is 331 g/mol. The van der Waals surface area contributed by atoms with E-state index in [1.54, 1.807) is 4.90 Å². The van der Waals surface area contributed by atoms with Crippen LogP contribution in [0, 0.1) is 17.0 Å². The van der Waals surface area contributed by atoms with Crippen LogP contribution in [0.25, 0.3) is 0 Å². The van der Waals surface area contributed by atoms with Gasteiger partial charge >= 0.3 is 11.2 Å². The molecule has 126 valence electrons. The highest BCUT2D eigenvalue weighted by Crippen LogP contribution is 2.33. The number of rotatable bonds is 3. The number of carbonyl (C=O) groups is 1. The molecule has 0 unspecified atom stereocenters. The molecular weight excluding hydrogens is 314 g/mol. The van der Waals surface area contributed by atoms with E-state index < -0.39 is 16.2 Å². The highest BCUT2D eigenvalue weighted by molar-refractivity contribution is 5.94. The van der Waals surface area contributed by atoms with Crippen LogP contribution in [0.4, 0.5) is 5.69 Å². The normalized spacial score (nSPS) is 17.7. The van der Waals surface area contributed by atoms with E-state index in [2.05, 4.69) is 4.98 Å². The van der Waals surface area contributed by atoms with Crippen LogP contribution in [-0.2, 0) is 0 Å². The Morgan fingerprint density at radius 3 is 2.88 bits per heavy atom. The van der Waals surface area contributed by atoms with Gasteiger partial charge in [-0.15, -0.1) is 0 Å². The van der Waals surface area contributed by atoms with E-state index in [0.29, 0.717) is 12.3 Å². The molecule has 1 aliphatic rings. The fourth-order valence-electron chi connectivity index (χ4n) is 3.00. The summed E-state index contributed by atoms with van der Waals surface area (Å²) in [5.74, 6) is 1.12. The molecule has 24 heavy (non-hydrogen) atoms. The number of carbonyl (C=O) groups excluding carboxylic acids is 1. The molecule has 1 N–H and O–H groups in total. The quantitative estimate of drug-likeness (QED) is 0.686. The molecule has 2 aromatic rings. The number of aryl methyl sites for hydroxylation is 1. The molecule has 8 nitrogen and oxygen atoms in total. The van der Waals surface area contributed by atoms with Crippen LogP contribution < -0.4 is 5.56 Å². The van der Waals surface area contributed by atoms with E-state index in [1.807, 2.05) is 19.1 Å². The van der Waals surface area contributed by atoms with E-state index >= 15 is 0 Å². The SMILES string of the molecule is Cc1ccc([C@H]2CCCCN2C(=O)c2c[nH]c(=O)c([N+](=O)[O-])c2)o1. The third-order valence-electron chi connectivity index (χ3n) is 4.18. The lowest BCUT2D eigenvalue weighted by Gasteiger charge is -2.34. The summed E-state index contributed by atoms with van der Waals surface area (Å²) < 4.78 is 5.66. The van der Waals surface area contributed by atoms with Crippen molar-refractivity contribution in [1.82, 2.24) is 9.88 Å². The zero-order valence-electron chi connectivity index (χ0n) is 13.2. The van der Waals surface area contributed by atoms with Crippen LogP contribution >= 0.6 is 0 Å². The number of amides is 1. The number of nitrogens with one attached hydrogen (secondary N) is 1. The Labute approximate surface area is 137 Å². The highest BCUT2D eigenvalue weighted by Gasteiger charge is 2.31. The van der Waals surface area contributed by atoms with Gasteiger partial charge in [-0.05, 0) is 38.3 Å². The second kappa shape index (κ2) is 6.31. The van der Waals surface area contributed by atoms with Gasteiger partial charge in [0.2, 0.25) is 0 Å². The van der Waals surface area contributed by atoms with Gasteiger partial charge in [0.25, 0.3) is 5.91 Å². The van der Waals surface area contributed by atoms with Gasteiger partial charge in [-0.1, -0.05) is 0 Å². The standard InChI is InChI=1S/C16H17N3O5/c1-10-5-6-14(24-10)12-4-2-3-7-18(12)16(21)11-8-13(19(22)23)15(20)17-9-11/h5-6,8-9,12H,2-4,7H2,1H3,(H,17,20)/t12-/m1/s1. The minimum Gasteiger partial charge on any atom is -0.464 e. The van der Waals surface area contributed by atoms with Gasteiger partial charge in [0.1, 0.15) is 11.5 Å². The van der Waals surface area contributed by atoms with Gasteiger partial charge < -0.3 is 14.3 Å². The number of pyridine rings is 1. The number of nitro groups is 1. The number of nitrogens with zero attached hydrogens (tertiary/aromatic N) is 2. The lowest BCUT2D eigenvalue weighted by molar-refractivity contribution is -0.386. The average Bonchev–Trinajstić information content (AvgIpc) is 3.01. The summed E-state index contributed by atoms with van der Waals surface area (Å²) in [4.78, 5) is 38.3. The van der Waals surface area contributed by atoms with E-state index in [4.69, 9.17) is 4.42 Å². The van der Waals surface area contributed by atoms with Crippen molar-refractivity contribution >= 4 is 11.6 Å². The first-order valence-corrected chi connectivity index (χ1v) is 7.72. The largest absolute Gasteiger partial charge is 0.464 e. The van der Waals surface area contributed by atoms with Crippen molar-refractivity contribution in [2.75, 3.05) is 6.54 Å². The number of piperidine rings is 1. The van der Waals surface area contributed by atoms with Gasteiger partial charge in [0.15, 0.2) is 0 Å². The number of hydrogen-bond acceptors (Lipinski definition) is 5. The fourth-order valence-corrected chi connectivity index (χ4v) is 3.00. The van der Waals surface area contributed by atoms with Gasteiger partial charge in [0.05, 0.1) is 16.5 Å². The monoisotopic (exact) mass is 331 g/mol. The minimum atomic E-state index is -0.826. The highest BCUT2D eigenvalue weighted by atomic mass is 16.6. The molecule has 0 bridgehead atoms. The Bertz CT molecular complexity index is 838. The predicted molar refractivity (Wildman–Crippen MR) is 84.8 cm³/mol. The molecule has 0 aromatic carbocycles. The number of likely N-dealkylation sites (tertiary alicyclic amines) is 1. The van der Waals surface area contributed by atoms with Crippen LogP contribution in [0.15, 0.2) is 33.6 Å². The Hall–Kier alpha value is -2.90. The van der Waals surface area contributed by atoms with Crippen molar-refractivity contribution in [3.8, 4) is 0 Å². The van der Waals surface area contributed by atoms with E-state index in [1.165, 1.54) is 6.20 Å². The Balaban J connectivity index is 1.93. The van der Waals surface area contributed by atoms with Crippen LogP contribution in [0.1, 0.15) is 47.2 Å². The molecule has 0 saturated carbocycles. The lowest BCUT2D eigenvalue weighted by Crippen LogP contribution is -2.38. The van der Waals surface area contributed by atoms with Crippen LogP contribution in [0.3, 0.4) is 0 Å². The summed E-state index contributed by atoms with van der Waals surface area (Å²) in [5, 5.41) is 10.9. The molecule has 2 aromatic heterocycles. The van der Waals surface area contributed by atoms with Gasteiger partial charge in [-0.3, -0.25) is 19.7 Å². The molecule has 0 aliphatic carbocycles. The molecule has 8 heteroatoms. The Kier molecular flexibility index (Phi) is 4.20. The number of furan rings is 1. The van der Waals surface area contributed by atoms with E-state index in [-0.39, 0.29) is 17.5 Å². The summed E-state index contributed by atoms with van der Waals surface area (Å²) in [6, 6.07) is 4.52. The van der Waals surface area contributed by atoms with Crippen molar-refractivity contribution in [1.29, 1.82) is 0 Å². The maximum Gasteiger partial charge on any atom is 0.334 e. The molecular formula is C16H17N3O5. The second-order valence-corrected chi connectivity index (χ2v) is 5.82. The zero-order chi connectivity index (χ0) is 17.3. The third kappa shape index (κ3) is 2.94. The zero-order valence-corrected chi connectivity index (χ0v) is 13.2. The third-order valence-corrected chi connectivity index (χ3v) is 4.18. The summed E-state index contributed by atoms with van der Waals surface area (Å²) >= 11 is 0. The maximum absolute atomic E-state index is 12.8. The molecule has 1 saturated heterocycles. The van der Waals surface area contributed by atoms with Gasteiger partial charge in [-0.2, -0.15) is 0 Å². The summed E-state index contributed by atoms with van der Waals surface area (Å²) in [6.45, 7) is 2.37. The molecule has 0 spiro atoms. The smallest absolute Gasteiger partial charge is 0.334 e. The van der Waals surface area contributed by atoms with Crippen molar-refractivity contribution in [2.24, 2.45) is 0 Å². The first kappa shape index (κ1) is 16.0. The molecule has 0 radical (unpaired) electrons. The van der Waals surface area contributed by atoms with Crippen LogP contribution in [0.5, 0.6) is 0 Å². The number of H-pyrrole nitrogens is 1. The first-order valence-electron chi connectivity index (χ1n) is 7.72. The van der Waals surface area contributed by atoms with Crippen LogP contribution in [0.2, 0.25) is 0 Å². The molecule has 1 amide bonds. The maximum atomic E-state index is 12.8. The molecule has 1 aliphatic heterocycles. The molecule has 3 rings (SSSR count). The van der Waals surface area contributed by atoms with Gasteiger partial charge in [0, 0.05) is 18.8 Å². The fraction of sp³-hybridized carbons (Fsp3) is 0.375. The lowest BCUT2D eigenvalue weighted by atomic mass is 9.99. The predicted octanol–water partition coefficient (Wildman–Crippen LogP) is 2.55. The van der Waals surface area contributed by atoms with Crippen molar-refractivity contribution in [3.05, 3.63) is 61.9 Å². The number of aromatic amines is 1. The van der Waals surface area contributed by atoms with Crippen molar-refractivity contribution in [3.63, 3.8) is 0 Å².